The highest BCUT2D eigenvalue weighted by Gasteiger charge is 2.26. The van der Waals surface area contributed by atoms with Crippen LogP contribution < -0.4 is 4.90 Å². The Kier molecular flexibility index (Phi) is 3.26. The van der Waals surface area contributed by atoms with Gasteiger partial charge in [-0.05, 0) is 6.92 Å². The normalized spacial score (nSPS) is 28.0. The van der Waals surface area contributed by atoms with Crippen molar-refractivity contribution in [3.63, 3.8) is 0 Å². The van der Waals surface area contributed by atoms with Crippen LogP contribution in [0.1, 0.15) is 6.92 Å². The van der Waals surface area contributed by atoms with Gasteiger partial charge in [-0.25, -0.2) is 4.98 Å². The first-order chi connectivity index (χ1) is 6.81. The highest BCUT2D eigenvalue weighted by Crippen LogP contribution is 2.23. The van der Waals surface area contributed by atoms with Crippen LogP contribution in [0, 0.1) is 0 Å². The Hall–Kier alpha value is -0.320. The predicted molar refractivity (Wildman–Crippen MR) is 59.4 cm³/mol. The lowest BCUT2D eigenvalue weighted by molar-refractivity contribution is 0.0364. The minimum absolute atomic E-state index is 0.136. The number of nitrogens with zero attached hydrogens (tertiary/aromatic N) is 2. The zero-order valence-corrected chi connectivity index (χ0v) is 9.59. The first-order valence-corrected chi connectivity index (χ1v) is 6.06. The van der Waals surface area contributed by atoms with E-state index in [2.05, 4.69) is 16.8 Å². The number of anilines is 1. The molecule has 2 rings (SSSR count). The second-order valence-electron chi connectivity index (χ2n) is 3.43. The lowest BCUT2D eigenvalue weighted by Gasteiger charge is -2.37. The fourth-order valence-corrected chi connectivity index (χ4v) is 2.48. The summed E-state index contributed by atoms with van der Waals surface area (Å²) in [4.78, 5) is 6.57. The van der Waals surface area contributed by atoms with Gasteiger partial charge in [0.15, 0.2) is 5.13 Å². The molecule has 0 aliphatic carbocycles. The fourth-order valence-electron chi connectivity index (χ4n) is 1.54. The summed E-state index contributed by atoms with van der Waals surface area (Å²) < 4.78 is 5.57. The van der Waals surface area contributed by atoms with Crippen LogP contribution in [0.25, 0.3) is 0 Å². The molecule has 78 valence electrons. The van der Waals surface area contributed by atoms with E-state index in [9.17, 15) is 0 Å². The van der Waals surface area contributed by atoms with Crippen LogP contribution in [0.2, 0.25) is 0 Å². The summed E-state index contributed by atoms with van der Waals surface area (Å²) in [6.07, 6.45) is 1.97. The maximum Gasteiger partial charge on any atom is 0.185 e. The number of thiazole rings is 1. The molecule has 1 saturated heterocycles. The van der Waals surface area contributed by atoms with E-state index in [-0.39, 0.29) is 6.10 Å². The van der Waals surface area contributed by atoms with E-state index >= 15 is 0 Å². The van der Waals surface area contributed by atoms with Crippen molar-refractivity contribution in [2.45, 2.75) is 19.1 Å². The van der Waals surface area contributed by atoms with Gasteiger partial charge in [0, 0.05) is 18.1 Å². The molecule has 2 heterocycles. The molecule has 0 amide bonds. The van der Waals surface area contributed by atoms with Gasteiger partial charge < -0.3 is 9.64 Å². The van der Waals surface area contributed by atoms with Crippen molar-refractivity contribution in [3.05, 3.63) is 11.6 Å². The van der Waals surface area contributed by atoms with E-state index in [1.54, 1.807) is 11.3 Å². The fraction of sp³-hybridized carbons (Fsp3) is 0.667. The number of morpholine rings is 1. The first kappa shape index (κ1) is 10.2. The minimum Gasteiger partial charge on any atom is -0.373 e. The maximum absolute atomic E-state index is 5.79. The van der Waals surface area contributed by atoms with Crippen LogP contribution in [0.4, 0.5) is 5.13 Å². The van der Waals surface area contributed by atoms with Gasteiger partial charge in [-0.1, -0.05) is 0 Å². The van der Waals surface area contributed by atoms with E-state index in [0.29, 0.717) is 11.9 Å². The van der Waals surface area contributed by atoms with E-state index in [1.165, 1.54) is 0 Å². The van der Waals surface area contributed by atoms with Crippen LogP contribution in [0.5, 0.6) is 0 Å². The van der Waals surface area contributed by atoms with Crippen molar-refractivity contribution < 1.29 is 4.74 Å². The van der Waals surface area contributed by atoms with Crippen LogP contribution in [-0.2, 0) is 4.74 Å². The monoisotopic (exact) mass is 232 g/mol. The van der Waals surface area contributed by atoms with Gasteiger partial charge in [0.05, 0.1) is 24.6 Å². The smallest absolute Gasteiger partial charge is 0.185 e. The number of aromatic nitrogens is 1. The number of hydrogen-bond donors (Lipinski definition) is 0. The average Bonchev–Trinajstić information content (AvgIpc) is 2.71. The summed E-state index contributed by atoms with van der Waals surface area (Å²) in [6, 6.07) is 0.389. The quantitative estimate of drug-likeness (QED) is 0.730. The SMILES string of the molecule is CC1COC(CCl)CN1c1nccs1. The van der Waals surface area contributed by atoms with Crippen molar-refractivity contribution in [1.29, 1.82) is 0 Å². The largest absolute Gasteiger partial charge is 0.373 e. The van der Waals surface area contributed by atoms with Crippen LogP contribution in [0.15, 0.2) is 11.6 Å². The molecule has 14 heavy (non-hydrogen) atoms. The molecule has 2 unspecified atom stereocenters. The second kappa shape index (κ2) is 4.47. The molecule has 2 atom stereocenters. The molecule has 3 nitrogen and oxygen atoms in total. The molecular formula is C9H13ClN2OS. The van der Waals surface area contributed by atoms with Gasteiger partial charge >= 0.3 is 0 Å². The maximum atomic E-state index is 5.79. The Balaban J connectivity index is 2.09. The minimum atomic E-state index is 0.136. The van der Waals surface area contributed by atoms with E-state index < -0.39 is 0 Å². The predicted octanol–water partition coefficient (Wildman–Crippen LogP) is 1.98. The Labute approximate surface area is 92.7 Å². The summed E-state index contributed by atoms with van der Waals surface area (Å²) in [5.74, 6) is 0.550. The topological polar surface area (TPSA) is 25.4 Å². The van der Waals surface area contributed by atoms with Crippen molar-refractivity contribution >= 4 is 28.1 Å². The van der Waals surface area contributed by atoms with Gasteiger partial charge in [-0.3, -0.25) is 0 Å². The van der Waals surface area contributed by atoms with Crippen molar-refractivity contribution in [3.8, 4) is 0 Å². The highest BCUT2D eigenvalue weighted by atomic mass is 35.5. The van der Waals surface area contributed by atoms with Gasteiger partial charge in [-0.15, -0.1) is 22.9 Å². The summed E-state index contributed by atoms with van der Waals surface area (Å²) in [7, 11) is 0. The summed E-state index contributed by atoms with van der Waals surface area (Å²) >= 11 is 7.45. The van der Waals surface area contributed by atoms with Gasteiger partial charge in [0.1, 0.15) is 0 Å². The molecular weight excluding hydrogens is 220 g/mol. The third-order valence-electron chi connectivity index (χ3n) is 2.34. The van der Waals surface area contributed by atoms with Crippen LogP contribution in [-0.4, -0.2) is 36.2 Å². The Morgan fingerprint density at radius 2 is 2.64 bits per heavy atom. The zero-order chi connectivity index (χ0) is 9.97. The van der Waals surface area contributed by atoms with E-state index in [0.717, 1.165) is 18.3 Å². The van der Waals surface area contributed by atoms with Crippen LogP contribution >= 0.6 is 22.9 Å². The van der Waals surface area contributed by atoms with E-state index in [1.807, 2.05) is 11.6 Å². The molecule has 0 aromatic carbocycles. The van der Waals surface area contributed by atoms with Crippen molar-refractivity contribution in [2.24, 2.45) is 0 Å². The molecule has 1 fully saturated rings. The second-order valence-corrected chi connectivity index (χ2v) is 4.61. The Morgan fingerprint density at radius 1 is 1.79 bits per heavy atom. The summed E-state index contributed by atoms with van der Waals surface area (Å²) in [5.41, 5.74) is 0. The average molecular weight is 233 g/mol. The standard InChI is InChI=1S/C9H13ClN2OS/c1-7-6-13-8(4-10)5-12(7)9-11-2-3-14-9/h2-3,7-8H,4-6H2,1H3. The number of hydrogen-bond acceptors (Lipinski definition) is 4. The number of rotatable bonds is 2. The molecule has 5 heteroatoms. The van der Waals surface area contributed by atoms with Crippen LogP contribution in [0.3, 0.4) is 0 Å². The summed E-state index contributed by atoms with van der Waals surface area (Å²) in [6.45, 7) is 3.72. The molecule has 0 saturated carbocycles. The van der Waals surface area contributed by atoms with Gasteiger partial charge in [0.25, 0.3) is 0 Å². The molecule has 0 N–H and O–H groups in total. The number of ether oxygens (including phenoxy) is 1. The highest BCUT2D eigenvalue weighted by molar-refractivity contribution is 7.13. The Morgan fingerprint density at radius 3 is 3.29 bits per heavy atom. The van der Waals surface area contributed by atoms with E-state index in [4.69, 9.17) is 16.3 Å². The molecule has 1 aliphatic rings. The third-order valence-corrected chi connectivity index (χ3v) is 3.50. The van der Waals surface area contributed by atoms with Gasteiger partial charge in [-0.2, -0.15) is 0 Å². The van der Waals surface area contributed by atoms with Gasteiger partial charge in [0.2, 0.25) is 0 Å². The molecule has 0 radical (unpaired) electrons. The van der Waals surface area contributed by atoms with Crippen molar-refractivity contribution in [1.82, 2.24) is 4.98 Å². The zero-order valence-electron chi connectivity index (χ0n) is 8.02. The molecule has 0 spiro atoms. The lowest BCUT2D eigenvalue weighted by atomic mass is 10.2. The molecule has 1 aliphatic heterocycles. The Bertz CT molecular complexity index is 280. The number of halogens is 1. The molecule has 1 aromatic heterocycles. The molecule has 1 aromatic rings. The first-order valence-electron chi connectivity index (χ1n) is 4.65. The third kappa shape index (κ3) is 2.02. The molecule has 0 bridgehead atoms. The summed E-state index contributed by atoms with van der Waals surface area (Å²) in [5, 5.41) is 3.06. The lowest BCUT2D eigenvalue weighted by Crippen LogP contribution is -2.49. The van der Waals surface area contributed by atoms with Crippen molar-refractivity contribution in [2.75, 3.05) is 23.9 Å². The number of alkyl halides is 1.